The van der Waals surface area contributed by atoms with Gasteiger partial charge in [0, 0.05) is 39.0 Å². The fourth-order valence-corrected chi connectivity index (χ4v) is 4.71. The van der Waals surface area contributed by atoms with Gasteiger partial charge in [0.2, 0.25) is 0 Å². The number of ether oxygens (including phenoxy) is 1. The van der Waals surface area contributed by atoms with Crippen molar-refractivity contribution in [2.75, 3.05) is 39.9 Å². The number of H-pyrrole nitrogens is 1. The second-order valence-corrected chi connectivity index (χ2v) is 8.05. The van der Waals surface area contributed by atoms with Crippen LogP contribution in [0.5, 0.6) is 0 Å². The standard InChI is InChI=1S/C22H30N4O2/c1-28-12-11-26(22(27)21-8-9-23-24-21)16-17-5-4-10-25(15-17)20-13-18-6-2-3-7-19(18)14-20/h2-3,6-9,17,20H,4-5,10-16H2,1H3,(H,23,24)/t17-/m1/s1. The molecule has 1 amide bonds. The number of nitrogens with one attached hydrogen (secondary N) is 1. The number of amides is 1. The van der Waals surface area contributed by atoms with E-state index in [1.54, 1.807) is 19.4 Å². The molecule has 2 aromatic rings. The van der Waals surface area contributed by atoms with Gasteiger partial charge in [-0.2, -0.15) is 5.10 Å². The van der Waals surface area contributed by atoms with Crippen molar-refractivity contribution in [2.24, 2.45) is 5.92 Å². The number of piperidine rings is 1. The summed E-state index contributed by atoms with van der Waals surface area (Å²) in [6.07, 6.45) is 6.32. The van der Waals surface area contributed by atoms with Crippen LogP contribution in [-0.2, 0) is 17.6 Å². The highest BCUT2D eigenvalue weighted by atomic mass is 16.5. The number of nitrogens with zero attached hydrogens (tertiary/aromatic N) is 3. The van der Waals surface area contributed by atoms with Crippen LogP contribution in [0.2, 0.25) is 0 Å². The van der Waals surface area contributed by atoms with Crippen LogP contribution in [0.4, 0.5) is 0 Å². The summed E-state index contributed by atoms with van der Waals surface area (Å²) in [5.74, 6) is 0.515. The van der Waals surface area contributed by atoms with Crippen molar-refractivity contribution >= 4 is 5.91 Å². The summed E-state index contributed by atoms with van der Waals surface area (Å²) in [4.78, 5) is 17.4. The predicted molar refractivity (Wildman–Crippen MR) is 108 cm³/mol. The highest BCUT2D eigenvalue weighted by Crippen LogP contribution is 2.29. The molecule has 150 valence electrons. The zero-order valence-electron chi connectivity index (χ0n) is 16.6. The Morgan fingerprint density at radius 3 is 2.75 bits per heavy atom. The van der Waals surface area contributed by atoms with Crippen molar-refractivity contribution in [1.82, 2.24) is 20.0 Å². The molecule has 1 N–H and O–H groups in total. The van der Waals surface area contributed by atoms with Gasteiger partial charge in [0.1, 0.15) is 5.69 Å². The highest BCUT2D eigenvalue weighted by Gasteiger charge is 2.31. The smallest absolute Gasteiger partial charge is 0.271 e. The molecule has 2 aliphatic rings. The first-order valence-electron chi connectivity index (χ1n) is 10.3. The molecule has 1 saturated heterocycles. The molecule has 1 aliphatic heterocycles. The zero-order valence-corrected chi connectivity index (χ0v) is 16.6. The number of hydrogen-bond donors (Lipinski definition) is 1. The van der Waals surface area contributed by atoms with Gasteiger partial charge in [-0.15, -0.1) is 0 Å². The fourth-order valence-electron chi connectivity index (χ4n) is 4.71. The predicted octanol–water partition coefficient (Wildman–Crippen LogP) is 2.38. The van der Waals surface area contributed by atoms with Crippen LogP contribution < -0.4 is 0 Å². The minimum Gasteiger partial charge on any atom is -0.383 e. The van der Waals surface area contributed by atoms with Gasteiger partial charge in [-0.1, -0.05) is 24.3 Å². The number of benzene rings is 1. The van der Waals surface area contributed by atoms with E-state index in [2.05, 4.69) is 39.4 Å². The summed E-state index contributed by atoms with van der Waals surface area (Å²) >= 11 is 0. The summed E-state index contributed by atoms with van der Waals surface area (Å²) in [7, 11) is 1.68. The number of aromatic amines is 1. The largest absolute Gasteiger partial charge is 0.383 e. The van der Waals surface area contributed by atoms with Crippen LogP contribution in [0.3, 0.4) is 0 Å². The highest BCUT2D eigenvalue weighted by molar-refractivity contribution is 5.92. The average molecular weight is 383 g/mol. The molecule has 6 nitrogen and oxygen atoms in total. The number of carbonyl (C=O) groups is 1. The molecular formula is C22H30N4O2. The van der Waals surface area contributed by atoms with Crippen molar-refractivity contribution in [2.45, 2.75) is 31.7 Å². The summed E-state index contributed by atoms with van der Waals surface area (Å²) in [6.45, 7) is 4.17. The van der Waals surface area contributed by atoms with Crippen LogP contribution in [0.1, 0.15) is 34.5 Å². The molecule has 2 heterocycles. The van der Waals surface area contributed by atoms with Crippen molar-refractivity contribution in [3.63, 3.8) is 0 Å². The second kappa shape index (κ2) is 8.88. The number of carbonyl (C=O) groups excluding carboxylic acids is 1. The Kier molecular flexibility index (Phi) is 6.07. The quantitative estimate of drug-likeness (QED) is 0.799. The number of methoxy groups -OCH3 is 1. The molecule has 1 aromatic carbocycles. The minimum atomic E-state index is 0.0138. The Balaban J connectivity index is 1.38. The normalized spacial score (nSPS) is 20.2. The van der Waals surface area contributed by atoms with Crippen LogP contribution in [0.15, 0.2) is 36.5 Å². The van der Waals surface area contributed by atoms with E-state index in [0.717, 1.165) is 25.9 Å². The van der Waals surface area contributed by atoms with Gasteiger partial charge in [-0.25, -0.2) is 0 Å². The first-order valence-corrected chi connectivity index (χ1v) is 10.3. The monoisotopic (exact) mass is 382 g/mol. The third-order valence-electron chi connectivity index (χ3n) is 6.16. The number of likely N-dealkylation sites (tertiary alicyclic amines) is 1. The van der Waals surface area contributed by atoms with Crippen molar-refractivity contribution in [3.05, 3.63) is 53.3 Å². The van der Waals surface area contributed by atoms with Crippen molar-refractivity contribution in [3.8, 4) is 0 Å². The lowest BCUT2D eigenvalue weighted by atomic mass is 9.95. The van der Waals surface area contributed by atoms with Crippen molar-refractivity contribution in [1.29, 1.82) is 0 Å². The van der Waals surface area contributed by atoms with Gasteiger partial charge in [-0.3, -0.25) is 14.8 Å². The van der Waals surface area contributed by atoms with E-state index < -0.39 is 0 Å². The fraction of sp³-hybridized carbons (Fsp3) is 0.545. The third kappa shape index (κ3) is 4.28. The van der Waals surface area contributed by atoms with Gasteiger partial charge in [0.25, 0.3) is 5.91 Å². The van der Waals surface area contributed by atoms with Crippen LogP contribution in [0, 0.1) is 5.92 Å². The SMILES string of the molecule is COCCN(C[C@@H]1CCCN(C2Cc3ccccc3C2)C1)C(=O)c1ccn[nH]1. The molecule has 28 heavy (non-hydrogen) atoms. The van der Waals surface area contributed by atoms with E-state index in [1.807, 2.05) is 4.90 Å². The van der Waals surface area contributed by atoms with Crippen LogP contribution in [0.25, 0.3) is 0 Å². The molecule has 1 aromatic heterocycles. The number of hydrogen-bond acceptors (Lipinski definition) is 4. The molecule has 1 fully saturated rings. The summed E-state index contributed by atoms with van der Waals surface area (Å²) in [5, 5.41) is 6.73. The summed E-state index contributed by atoms with van der Waals surface area (Å²) < 4.78 is 5.24. The van der Waals surface area contributed by atoms with Gasteiger partial charge in [-0.05, 0) is 55.3 Å². The molecule has 6 heteroatoms. The maximum atomic E-state index is 12.9. The summed E-state index contributed by atoms with van der Waals surface area (Å²) in [5.41, 5.74) is 3.56. The van der Waals surface area contributed by atoms with E-state index in [1.165, 1.54) is 30.5 Å². The molecule has 0 spiro atoms. The van der Waals surface area contributed by atoms with E-state index in [-0.39, 0.29) is 5.91 Å². The molecule has 1 atom stereocenters. The third-order valence-corrected chi connectivity index (χ3v) is 6.16. The van der Waals surface area contributed by atoms with Gasteiger partial charge in [0.15, 0.2) is 0 Å². The first kappa shape index (κ1) is 19.2. The molecule has 0 radical (unpaired) electrons. The molecular weight excluding hydrogens is 352 g/mol. The van der Waals surface area contributed by atoms with Crippen LogP contribution >= 0.6 is 0 Å². The molecule has 4 rings (SSSR count). The molecule has 0 saturated carbocycles. The molecule has 1 aliphatic carbocycles. The topological polar surface area (TPSA) is 61.5 Å². The van der Waals surface area contributed by atoms with E-state index >= 15 is 0 Å². The maximum Gasteiger partial charge on any atom is 0.271 e. The Bertz CT molecular complexity index is 752. The first-order chi connectivity index (χ1) is 13.7. The molecule has 0 unspecified atom stereocenters. The lowest BCUT2D eigenvalue weighted by Gasteiger charge is -2.38. The minimum absolute atomic E-state index is 0.0138. The molecule has 0 bridgehead atoms. The lowest BCUT2D eigenvalue weighted by Crippen LogP contribution is -2.47. The number of fused-ring (bicyclic) bond motifs is 1. The van der Waals surface area contributed by atoms with E-state index in [0.29, 0.717) is 30.8 Å². The van der Waals surface area contributed by atoms with Gasteiger partial charge >= 0.3 is 0 Å². The lowest BCUT2D eigenvalue weighted by molar-refractivity contribution is 0.0568. The van der Waals surface area contributed by atoms with E-state index in [9.17, 15) is 4.79 Å². The van der Waals surface area contributed by atoms with Crippen molar-refractivity contribution < 1.29 is 9.53 Å². The number of aromatic nitrogens is 2. The Labute approximate surface area is 166 Å². The zero-order chi connectivity index (χ0) is 19.3. The van der Waals surface area contributed by atoms with E-state index in [4.69, 9.17) is 4.74 Å². The average Bonchev–Trinajstić information content (AvgIpc) is 3.40. The Morgan fingerprint density at radius 2 is 2.07 bits per heavy atom. The van der Waals surface area contributed by atoms with Gasteiger partial charge in [0.05, 0.1) is 6.61 Å². The second-order valence-electron chi connectivity index (χ2n) is 8.05. The Morgan fingerprint density at radius 1 is 1.29 bits per heavy atom. The Hall–Kier alpha value is -2.18. The maximum absolute atomic E-state index is 12.9. The number of rotatable bonds is 7. The summed E-state index contributed by atoms with van der Waals surface area (Å²) in [6, 6.07) is 11.2. The van der Waals surface area contributed by atoms with Crippen LogP contribution in [-0.4, -0.2) is 71.8 Å². The van der Waals surface area contributed by atoms with Gasteiger partial charge < -0.3 is 9.64 Å².